The van der Waals surface area contributed by atoms with Crippen molar-refractivity contribution in [3.8, 4) is 0 Å². The molecule has 0 bridgehead atoms. The third kappa shape index (κ3) is 1.93. The van der Waals surface area contributed by atoms with E-state index in [4.69, 9.17) is 5.41 Å². The van der Waals surface area contributed by atoms with E-state index in [0.717, 1.165) is 10.5 Å². The molecule has 0 unspecified atom stereocenters. The van der Waals surface area contributed by atoms with Crippen LogP contribution < -0.4 is 0 Å². The maximum atomic E-state index is 13.2. The van der Waals surface area contributed by atoms with E-state index in [1.807, 2.05) is 6.08 Å². The predicted octanol–water partition coefficient (Wildman–Crippen LogP) is 3.74. The van der Waals surface area contributed by atoms with E-state index in [9.17, 15) is 9.18 Å². The molecule has 2 nitrogen and oxygen atoms in total. The topological polar surface area (TPSA) is 40.9 Å². The van der Waals surface area contributed by atoms with Gasteiger partial charge in [0.2, 0.25) is 0 Å². The quantitative estimate of drug-likeness (QED) is 0.771. The first kappa shape index (κ1) is 11.4. The minimum Gasteiger partial charge on any atom is -0.309 e. The van der Waals surface area contributed by atoms with Gasteiger partial charge < -0.3 is 5.41 Å². The van der Waals surface area contributed by atoms with E-state index in [-0.39, 0.29) is 11.6 Å². The number of fused-ring (bicyclic) bond motifs is 2. The number of carbonyl (C=O) groups is 1. The summed E-state index contributed by atoms with van der Waals surface area (Å²) in [6, 6.07) is 4.23. The molecule has 1 heterocycles. The highest BCUT2D eigenvalue weighted by molar-refractivity contribution is 8.03. The molecule has 3 rings (SSSR count). The Bertz CT molecular complexity index is 631. The molecule has 0 amide bonds. The van der Waals surface area contributed by atoms with E-state index >= 15 is 0 Å². The average Bonchev–Trinajstić information content (AvgIpc) is 2.44. The van der Waals surface area contributed by atoms with Crippen LogP contribution in [0.2, 0.25) is 0 Å². The van der Waals surface area contributed by atoms with Gasteiger partial charge in [0.15, 0.2) is 5.78 Å². The van der Waals surface area contributed by atoms with Crippen LogP contribution in [0.3, 0.4) is 0 Å². The van der Waals surface area contributed by atoms with Gasteiger partial charge in [-0.15, -0.1) is 0 Å². The third-order valence-electron chi connectivity index (χ3n) is 2.99. The molecule has 0 atom stereocenters. The van der Waals surface area contributed by atoms with Crippen molar-refractivity contribution in [1.29, 1.82) is 5.41 Å². The largest absolute Gasteiger partial charge is 0.309 e. The van der Waals surface area contributed by atoms with Crippen molar-refractivity contribution in [3.05, 3.63) is 52.2 Å². The van der Waals surface area contributed by atoms with Crippen LogP contribution in [0, 0.1) is 11.2 Å². The maximum Gasteiger partial charge on any atom is 0.187 e. The van der Waals surface area contributed by atoms with Crippen molar-refractivity contribution in [3.63, 3.8) is 0 Å². The highest BCUT2D eigenvalue weighted by atomic mass is 32.2. The SMILES string of the molecule is N=C1CC=C2Sc3cc(F)ccc3C(=O)C=C2C1. The summed E-state index contributed by atoms with van der Waals surface area (Å²) in [5.74, 6) is -0.438. The van der Waals surface area contributed by atoms with E-state index in [1.54, 1.807) is 6.08 Å². The van der Waals surface area contributed by atoms with Gasteiger partial charge >= 0.3 is 0 Å². The lowest BCUT2D eigenvalue weighted by atomic mass is 9.97. The normalized spacial score (nSPS) is 18.5. The maximum absolute atomic E-state index is 13.2. The molecular weight excluding hydrogens is 249 g/mol. The number of benzene rings is 1. The van der Waals surface area contributed by atoms with Crippen LogP contribution in [0.4, 0.5) is 4.39 Å². The molecule has 1 aliphatic heterocycles. The number of ketones is 1. The van der Waals surface area contributed by atoms with Crippen molar-refractivity contribution in [2.75, 3.05) is 0 Å². The first-order valence-corrected chi connectivity index (χ1v) is 6.44. The molecule has 0 radical (unpaired) electrons. The number of halogens is 1. The molecular formula is C14H10FNOS. The summed E-state index contributed by atoms with van der Waals surface area (Å²) in [5, 5.41) is 7.68. The summed E-state index contributed by atoms with van der Waals surface area (Å²) in [7, 11) is 0. The van der Waals surface area contributed by atoms with E-state index in [2.05, 4.69) is 0 Å². The second-order valence-electron chi connectivity index (χ2n) is 4.33. The Morgan fingerprint density at radius 2 is 2.17 bits per heavy atom. The summed E-state index contributed by atoms with van der Waals surface area (Å²) in [6.07, 6.45) is 4.64. The number of thioether (sulfide) groups is 1. The summed E-state index contributed by atoms with van der Waals surface area (Å²) in [4.78, 5) is 13.7. The van der Waals surface area contributed by atoms with Crippen LogP contribution in [-0.4, -0.2) is 11.5 Å². The standard InChI is InChI=1S/C14H10FNOS/c15-9-1-3-11-12(17)6-8-5-10(16)2-4-13(8)18-14(11)7-9/h1,3-4,6-7,16H,2,5H2. The smallest absolute Gasteiger partial charge is 0.187 e. The molecule has 90 valence electrons. The molecule has 18 heavy (non-hydrogen) atoms. The Morgan fingerprint density at radius 1 is 1.33 bits per heavy atom. The fourth-order valence-electron chi connectivity index (χ4n) is 2.10. The number of nitrogens with one attached hydrogen (secondary N) is 1. The van der Waals surface area contributed by atoms with Crippen LogP contribution in [-0.2, 0) is 0 Å². The zero-order valence-corrected chi connectivity index (χ0v) is 10.3. The number of hydrogen-bond donors (Lipinski definition) is 1. The molecule has 0 aromatic heterocycles. The van der Waals surface area contributed by atoms with Crippen LogP contribution in [0.25, 0.3) is 0 Å². The van der Waals surface area contributed by atoms with Gasteiger partial charge in [-0.3, -0.25) is 4.79 Å². The summed E-state index contributed by atoms with van der Waals surface area (Å²) in [5.41, 5.74) is 2.02. The molecule has 0 saturated heterocycles. The van der Waals surface area contributed by atoms with E-state index in [1.165, 1.54) is 30.0 Å². The Hall–Kier alpha value is -1.68. The Labute approximate surface area is 108 Å². The van der Waals surface area contributed by atoms with E-state index < -0.39 is 0 Å². The Kier molecular flexibility index (Phi) is 2.67. The molecule has 0 fully saturated rings. The molecule has 1 N–H and O–H groups in total. The molecule has 4 heteroatoms. The van der Waals surface area contributed by atoms with Crippen LogP contribution in [0.15, 0.2) is 45.7 Å². The van der Waals surface area contributed by atoms with Gasteiger partial charge in [0.25, 0.3) is 0 Å². The van der Waals surface area contributed by atoms with Gasteiger partial charge in [-0.05, 0) is 29.8 Å². The zero-order valence-electron chi connectivity index (χ0n) is 9.50. The van der Waals surface area contributed by atoms with Crippen LogP contribution in [0.5, 0.6) is 0 Å². The predicted molar refractivity (Wildman–Crippen MR) is 69.7 cm³/mol. The second-order valence-corrected chi connectivity index (χ2v) is 5.41. The zero-order chi connectivity index (χ0) is 12.7. The van der Waals surface area contributed by atoms with Crippen molar-refractivity contribution in [1.82, 2.24) is 0 Å². The molecule has 1 aromatic carbocycles. The summed E-state index contributed by atoms with van der Waals surface area (Å²) in [6.45, 7) is 0. The van der Waals surface area contributed by atoms with Gasteiger partial charge in [0.1, 0.15) is 5.82 Å². The second kappa shape index (κ2) is 4.21. The minimum absolute atomic E-state index is 0.106. The van der Waals surface area contributed by atoms with Crippen molar-refractivity contribution in [2.45, 2.75) is 17.7 Å². The summed E-state index contributed by atoms with van der Waals surface area (Å²) < 4.78 is 13.2. The number of allylic oxidation sites excluding steroid dienone is 3. The van der Waals surface area contributed by atoms with Crippen molar-refractivity contribution < 1.29 is 9.18 Å². The molecule has 1 aromatic rings. The van der Waals surface area contributed by atoms with Gasteiger partial charge in [0.05, 0.1) is 0 Å². The van der Waals surface area contributed by atoms with Crippen molar-refractivity contribution in [2.24, 2.45) is 0 Å². The molecule has 2 aliphatic rings. The van der Waals surface area contributed by atoms with Crippen LogP contribution >= 0.6 is 11.8 Å². The third-order valence-corrected chi connectivity index (χ3v) is 4.19. The Balaban J connectivity index is 2.13. The van der Waals surface area contributed by atoms with Crippen LogP contribution in [0.1, 0.15) is 23.2 Å². The highest BCUT2D eigenvalue weighted by Crippen LogP contribution is 2.40. The highest BCUT2D eigenvalue weighted by Gasteiger charge is 2.23. The molecule has 0 saturated carbocycles. The number of carbonyl (C=O) groups excluding carboxylic acids is 1. The molecule has 0 spiro atoms. The minimum atomic E-state index is -0.332. The first-order chi connectivity index (χ1) is 8.63. The molecule has 1 aliphatic carbocycles. The fourth-order valence-corrected chi connectivity index (χ4v) is 3.22. The fraction of sp³-hybridized carbons (Fsp3) is 0.143. The lowest BCUT2D eigenvalue weighted by Gasteiger charge is -2.15. The van der Waals surface area contributed by atoms with Gasteiger partial charge in [-0.25, -0.2) is 4.39 Å². The first-order valence-electron chi connectivity index (χ1n) is 5.62. The van der Waals surface area contributed by atoms with E-state index in [0.29, 0.717) is 29.0 Å². The van der Waals surface area contributed by atoms with Gasteiger partial charge in [-0.2, -0.15) is 0 Å². The van der Waals surface area contributed by atoms with Gasteiger partial charge in [0, 0.05) is 33.9 Å². The summed E-state index contributed by atoms with van der Waals surface area (Å²) >= 11 is 1.42. The monoisotopic (exact) mass is 259 g/mol. The van der Waals surface area contributed by atoms with Crippen molar-refractivity contribution >= 4 is 23.3 Å². The van der Waals surface area contributed by atoms with Gasteiger partial charge in [-0.1, -0.05) is 17.8 Å². The number of hydrogen-bond acceptors (Lipinski definition) is 3. The lowest BCUT2D eigenvalue weighted by molar-refractivity contribution is 0.104. The Morgan fingerprint density at radius 3 is 3.00 bits per heavy atom. The lowest BCUT2D eigenvalue weighted by Crippen LogP contribution is -2.05. The average molecular weight is 259 g/mol. The number of rotatable bonds is 0.